The fraction of sp³-hybridized carbons (Fsp3) is 0.368. The maximum atomic E-state index is 12.8. The molecule has 0 radical (unpaired) electrons. The van der Waals surface area contributed by atoms with Crippen molar-refractivity contribution in [2.24, 2.45) is 13.0 Å². The number of allylic oxidation sites excluding steroid dienone is 2. The van der Waals surface area contributed by atoms with Gasteiger partial charge in [0.15, 0.2) is 0 Å². The van der Waals surface area contributed by atoms with Gasteiger partial charge >= 0.3 is 0 Å². The standard InChI is InChI=1S/C19H23N3O2/c1-22-13-12-20-18(22)17(15-10-6-7-11-16(15)24-2)21-19(23)14-8-4-3-5-9-14/h3-4,6-7,10-14,17H,5,8-9H2,1-2H3,(H,21,23)/t14-,17-/m1/s1. The summed E-state index contributed by atoms with van der Waals surface area (Å²) in [5.41, 5.74) is 0.911. The minimum atomic E-state index is -0.334. The molecule has 0 saturated carbocycles. The minimum absolute atomic E-state index is 0.0208. The summed E-state index contributed by atoms with van der Waals surface area (Å²) in [5.74, 6) is 1.62. The van der Waals surface area contributed by atoms with Crippen LogP contribution in [-0.2, 0) is 11.8 Å². The number of rotatable bonds is 5. The number of carbonyl (C=O) groups is 1. The molecule has 126 valence electrons. The van der Waals surface area contributed by atoms with Crippen molar-refractivity contribution in [3.05, 3.63) is 60.2 Å². The van der Waals surface area contributed by atoms with Crippen molar-refractivity contribution in [2.45, 2.75) is 25.3 Å². The zero-order valence-electron chi connectivity index (χ0n) is 14.1. The average Bonchev–Trinajstić information content (AvgIpc) is 3.06. The van der Waals surface area contributed by atoms with E-state index in [1.807, 2.05) is 42.1 Å². The van der Waals surface area contributed by atoms with Crippen LogP contribution in [0.25, 0.3) is 0 Å². The first-order valence-corrected chi connectivity index (χ1v) is 8.26. The van der Waals surface area contributed by atoms with E-state index in [1.165, 1.54) is 0 Å². The Morgan fingerprint density at radius 2 is 2.21 bits per heavy atom. The second-order valence-corrected chi connectivity index (χ2v) is 6.06. The van der Waals surface area contributed by atoms with Crippen LogP contribution in [0.15, 0.2) is 48.8 Å². The molecule has 1 aliphatic carbocycles. The highest BCUT2D eigenvalue weighted by atomic mass is 16.5. The highest BCUT2D eigenvalue weighted by molar-refractivity contribution is 5.80. The first-order chi connectivity index (χ1) is 11.7. The quantitative estimate of drug-likeness (QED) is 0.860. The maximum absolute atomic E-state index is 12.8. The summed E-state index contributed by atoms with van der Waals surface area (Å²) in [5, 5.41) is 3.18. The Labute approximate surface area is 142 Å². The SMILES string of the molecule is COc1ccccc1[C@@H](NC(=O)[C@@H]1CC=CCC1)c1nccn1C. The molecule has 5 heteroatoms. The molecule has 1 heterocycles. The molecule has 1 aromatic carbocycles. The van der Waals surface area contributed by atoms with Gasteiger partial charge in [0.2, 0.25) is 5.91 Å². The third-order valence-corrected chi connectivity index (χ3v) is 4.49. The lowest BCUT2D eigenvalue weighted by Gasteiger charge is -2.24. The largest absolute Gasteiger partial charge is 0.496 e. The smallest absolute Gasteiger partial charge is 0.224 e. The van der Waals surface area contributed by atoms with E-state index in [4.69, 9.17) is 4.74 Å². The Morgan fingerprint density at radius 1 is 1.38 bits per heavy atom. The highest BCUT2D eigenvalue weighted by Gasteiger charge is 2.27. The van der Waals surface area contributed by atoms with E-state index in [2.05, 4.69) is 22.5 Å². The number of carbonyl (C=O) groups excluding carboxylic acids is 1. The van der Waals surface area contributed by atoms with Gasteiger partial charge in [0, 0.05) is 30.9 Å². The lowest BCUT2D eigenvalue weighted by Crippen LogP contribution is -2.36. The molecule has 1 aliphatic rings. The van der Waals surface area contributed by atoms with E-state index in [0.29, 0.717) is 0 Å². The molecule has 0 saturated heterocycles. The second kappa shape index (κ2) is 7.34. The highest BCUT2D eigenvalue weighted by Crippen LogP contribution is 2.30. The van der Waals surface area contributed by atoms with E-state index >= 15 is 0 Å². The molecule has 2 atom stereocenters. The molecular weight excluding hydrogens is 302 g/mol. The third kappa shape index (κ3) is 3.35. The summed E-state index contributed by atoms with van der Waals surface area (Å²) in [6, 6.07) is 7.41. The fourth-order valence-electron chi connectivity index (χ4n) is 3.13. The van der Waals surface area contributed by atoms with Crippen LogP contribution < -0.4 is 10.1 Å². The molecule has 3 rings (SSSR count). The van der Waals surface area contributed by atoms with Crippen LogP contribution >= 0.6 is 0 Å². The van der Waals surface area contributed by atoms with Crippen LogP contribution in [0.5, 0.6) is 5.75 Å². The molecule has 1 amide bonds. The van der Waals surface area contributed by atoms with Gasteiger partial charge in [-0.2, -0.15) is 0 Å². The number of aryl methyl sites for hydroxylation is 1. The van der Waals surface area contributed by atoms with Crippen LogP contribution in [0.4, 0.5) is 0 Å². The van der Waals surface area contributed by atoms with Gasteiger partial charge in [-0.05, 0) is 25.3 Å². The van der Waals surface area contributed by atoms with Crippen LogP contribution in [0.3, 0.4) is 0 Å². The number of hydrogen-bond donors (Lipinski definition) is 1. The average molecular weight is 325 g/mol. The predicted molar refractivity (Wildman–Crippen MR) is 92.7 cm³/mol. The van der Waals surface area contributed by atoms with Crippen molar-refractivity contribution in [3.8, 4) is 5.75 Å². The summed E-state index contributed by atoms with van der Waals surface area (Å²) in [7, 11) is 3.57. The van der Waals surface area contributed by atoms with Gasteiger partial charge in [0.25, 0.3) is 0 Å². The lowest BCUT2D eigenvalue weighted by atomic mass is 9.93. The Hall–Kier alpha value is -2.56. The monoisotopic (exact) mass is 325 g/mol. The number of hydrogen-bond acceptors (Lipinski definition) is 3. The van der Waals surface area contributed by atoms with Crippen molar-refractivity contribution in [2.75, 3.05) is 7.11 Å². The second-order valence-electron chi connectivity index (χ2n) is 6.06. The maximum Gasteiger partial charge on any atom is 0.224 e. The number of ether oxygens (including phenoxy) is 1. The van der Waals surface area contributed by atoms with Crippen molar-refractivity contribution in [1.29, 1.82) is 0 Å². The van der Waals surface area contributed by atoms with Crippen molar-refractivity contribution in [1.82, 2.24) is 14.9 Å². The summed E-state index contributed by atoms with van der Waals surface area (Å²) < 4.78 is 7.42. The summed E-state index contributed by atoms with van der Waals surface area (Å²) >= 11 is 0. The number of imidazole rings is 1. The van der Waals surface area contributed by atoms with Gasteiger partial charge < -0.3 is 14.6 Å². The number of amides is 1. The summed E-state index contributed by atoms with van der Waals surface area (Å²) in [4.78, 5) is 17.2. The van der Waals surface area contributed by atoms with Gasteiger partial charge in [0.1, 0.15) is 17.6 Å². The Kier molecular flexibility index (Phi) is 4.99. The van der Waals surface area contributed by atoms with E-state index in [1.54, 1.807) is 13.3 Å². The van der Waals surface area contributed by atoms with Crippen molar-refractivity contribution < 1.29 is 9.53 Å². The lowest BCUT2D eigenvalue weighted by molar-refractivity contribution is -0.125. The third-order valence-electron chi connectivity index (χ3n) is 4.49. The van der Waals surface area contributed by atoms with Gasteiger partial charge in [0.05, 0.1) is 7.11 Å². The first kappa shape index (κ1) is 16.3. The normalized spacial score (nSPS) is 18.2. The van der Waals surface area contributed by atoms with Crippen LogP contribution in [-0.4, -0.2) is 22.6 Å². The summed E-state index contributed by atoms with van der Waals surface area (Å²) in [6.07, 6.45) is 10.5. The Bertz CT molecular complexity index is 736. The molecule has 2 aromatic rings. The minimum Gasteiger partial charge on any atom is -0.496 e. The predicted octanol–water partition coefficient (Wildman–Crippen LogP) is 2.99. The molecule has 0 unspecified atom stereocenters. The topological polar surface area (TPSA) is 56.1 Å². The molecular formula is C19H23N3O2. The van der Waals surface area contributed by atoms with Gasteiger partial charge in [-0.25, -0.2) is 4.98 Å². The van der Waals surface area contributed by atoms with E-state index in [0.717, 1.165) is 36.4 Å². The molecule has 0 fully saturated rings. The van der Waals surface area contributed by atoms with E-state index < -0.39 is 0 Å². The molecule has 24 heavy (non-hydrogen) atoms. The van der Waals surface area contributed by atoms with Crippen LogP contribution in [0.2, 0.25) is 0 Å². The zero-order chi connectivity index (χ0) is 16.9. The first-order valence-electron chi connectivity index (χ1n) is 8.26. The van der Waals surface area contributed by atoms with Crippen molar-refractivity contribution >= 4 is 5.91 Å². The molecule has 0 bridgehead atoms. The van der Waals surface area contributed by atoms with E-state index in [-0.39, 0.29) is 17.9 Å². The van der Waals surface area contributed by atoms with Crippen LogP contribution in [0.1, 0.15) is 36.7 Å². The van der Waals surface area contributed by atoms with Gasteiger partial charge in [-0.1, -0.05) is 30.4 Å². The number of aromatic nitrogens is 2. The van der Waals surface area contributed by atoms with Gasteiger partial charge in [-0.3, -0.25) is 4.79 Å². The molecule has 1 aromatic heterocycles. The molecule has 1 N–H and O–H groups in total. The molecule has 0 spiro atoms. The Balaban J connectivity index is 1.92. The number of nitrogens with one attached hydrogen (secondary N) is 1. The van der Waals surface area contributed by atoms with Crippen LogP contribution in [0, 0.1) is 5.92 Å². The number of methoxy groups -OCH3 is 1. The van der Waals surface area contributed by atoms with Crippen molar-refractivity contribution in [3.63, 3.8) is 0 Å². The number of nitrogens with zero attached hydrogens (tertiary/aromatic N) is 2. The van der Waals surface area contributed by atoms with E-state index in [9.17, 15) is 4.79 Å². The Morgan fingerprint density at radius 3 is 2.88 bits per heavy atom. The number of benzene rings is 1. The summed E-state index contributed by atoms with van der Waals surface area (Å²) in [6.45, 7) is 0. The number of para-hydroxylation sites is 1. The van der Waals surface area contributed by atoms with Gasteiger partial charge in [-0.15, -0.1) is 0 Å². The molecule has 0 aliphatic heterocycles. The fourth-order valence-corrected chi connectivity index (χ4v) is 3.13. The molecule has 5 nitrogen and oxygen atoms in total. The zero-order valence-corrected chi connectivity index (χ0v) is 14.1.